The third-order valence-electron chi connectivity index (χ3n) is 7.34. The molecule has 0 amide bonds. The highest BCUT2D eigenvalue weighted by Gasteiger charge is 2.42. The van der Waals surface area contributed by atoms with Crippen molar-refractivity contribution in [3.05, 3.63) is 156 Å². The van der Waals surface area contributed by atoms with Gasteiger partial charge in [0, 0.05) is 11.1 Å². The Kier molecular flexibility index (Phi) is 6.42. The van der Waals surface area contributed by atoms with E-state index in [1.54, 1.807) is 0 Å². The van der Waals surface area contributed by atoms with E-state index < -0.39 is 5.41 Å². The van der Waals surface area contributed by atoms with Crippen molar-refractivity contribution in [2.24, 2.45) is 0 Å². The molecule has 41 heavy (non-hydrogen) atoms. The van der Waals surface area contributed by atoms with Gasteiger partial charge in [0.2, 0.25) is 0 Å². The Balaban J connectivity index is 1.51. The summed E-state index contributed by atoms with van der Waals surface area (Å²) in [5, 5.41) is 0.325. The van der Waals surface area contributed by atoms with Gasteiger partial charge in [0.05, 0.1) is 22.1 Å². The smallest absolute Gasteiger partial charge is 0.163 e. The fourth-order valence-electron chi connectivity index (χ4n) is 5.29. The van der Waals surface area contributed by atoms with Crippen molar-refractivity contribution in [1.29, 1.82) is 0 Å². The monoisotopic (exact) mass is 549 g/mol. The summed E-state index contributed by atoms with van der Waals surface area (Å²) in [4.78, 5) is 25.0. The quantitative estimate of drug-likeness (QED) is 0.217. The van der Waals surface area contributed by atoms with Gasteiger partial charge in [-0.15, -0.1) is 0 Å². The van der Waals surface area contributed by atoms with Crippen LogP contribution in [0.5, 0.6) is 0 Å². The van der Waals surface area contributed by atoms with E-state index in [4.69, 9.17) is 36.5 Å². The third-order valence-corrected chi connectivity index (χ3v) is 7.60. The summed E-state index contributed by atoms with van der Waals surface area (Å²) < 4.78 is 0. The second-order valence-corrected chi connectivity index (χ2v) is 10.3. The normalized spacial score (nSPS) is 16.5. The molecule has 2 heterocycles. The molecule has 0 fully saturated rings. The lowest BCUT2D eigenvalue weighted by Gasteiger charge is -2.33. The lowest BCUT2D eigenvalue weighted by molar-refractivity contribution is 0.586. The van der Waals surface area contributed by atoms with Crippen LogP contribution in [0.25, 0.3) is 39.4 Å². The SMILES string of the molecule is Clc1nc2ccccc2nc1C1(c2nc(-c3ccccc3)nc(-c3ccccc3)n2)C=CC=C(c2ccccc2)C1. The van der Waals surface area contributed by atoms with Gasteiger partial charge in [0.15, 0.2) is 16.8 Å². The summed E-state index contributed by atoms with van der Waals surface area (Å²) in [6.45, 7) is 0. The number of benzene rings is 4. The van der Waals surface area contributed by atoms with Gasteiger partial charge < -0.3 is 0 Å². The molecule has 6 aromatic rings. The van der Waals surface area contributed by atoms with Crippen LogP contribution in [0.3, 0.4) is 0 Å². The molecule has 1 unspecified atom stereocenters. The molecule has 7 rings (SSSR count). The van der Waals surface area contributed by atoms with Crippen molar-refractivity contribution in [3.8, 4) is 22.8 Å². The van der Waals surface area contributed by atoms with E-state index in [1.807, 2.05) is 109 Å². The molecule has 2 aromatic heterocycles. The van der Waals surface area contributed by atoms with Crippen LogP contribution in [-0.4, -0.2) is 24.9 Å². The van der Waals surface area contributed by atoms with E-state index in [9.17, 15) is 0 Å². The van der Waals surface area contributed by atoms with Crippen LogP contribution in [0, 0.1) is 0 Å². The average molecular weight is 550 g/mol. The minimum atomic E-state index is -0.899. The highest BCUT2D eigenvalue weighted by molar-refractivity contribution is 6.30. The minimum absolute atomic E-state index is 0.325. The van der Waals surface area contributed by atoms with Crippen LogP contribution in [-0.2, 0) is 5.41 Å². The molecule has 0 radical (unpaired) electrons. The third kappa shape index (κ3) is 4.71. The van der Waals surface area contributed by atoms with Gasteiger partial charge in [-0.1, -0.05) is 133 Å². The zero-order valence-corrected chi connectivity index (χ0v) is 22.8. The molecule has 4 aromatic carbocycles. The number of allylic oxidation sites excluding steroid dienone is 4. The number of nitrogens with zero attached hydrogens (tertiary/aromatic N) is 5. The molecular formula is C35H24ClN5. The Hall–Kier alpha value is -5.00. The van der Waals surface area contributed by atoms with Gasteiger partial charge in [-0.2, -0.15) is 0 Å². The van der Waals surface area contributed by atoms with Gasteiger partial charge in [-0.3, -0.25) is 0 Å². The number of para-hydroxylation sites is 2. The molecule has 0 spiro atoms. The van der Waals surface area contributed by atoms with Crippen molar-refractivity contribution in [2.75, 3.05) is 0 Å². The molecule has 0 aliphatic heterocycles. The summed E-state index contributed by atoms with van der Waals surface area (Å²) in [6, 6.07) is 38.0. The lowest BCUT2D eigenvalue weighted by Crippen LogP contribution is -2.32. The van der Waals surface area contributed by atoms with E-state index in [2.05, 4.69) is 24.3 Å². The molecule has 0 saturated heterocycles. The zero-order valence-electron chi connectivity index (χ0n) is 22.0. The second kappa shape index (κ2) is 10.5. The maximum absolute atomic E-state index is 6.99. The summed E-state index contributed by atoms with van der Waals surface area (Å²) in [5.41, 5.74) is 5.25. The highest BCUT2D eigenvalue weighted by atomic mass is 35.5. The minimum Gasteiger partial charge on any atom is -0.247 e. The number of hydrogen-bond donors (Lipinski definition) is 0. The Morgan fingerprint density at radius 2 is 1.05 bits per heavy atom. The van der Waals surface area contributed by atoms with E-state index in [0.717, 1.165) is 33.3 Å². The van der Waals surface area contributed by atoms with Gasteiger partial charge >= 0.3 is 0 Å². The van der Waals surface area contributed by atoms with Gasteiger partial charge in [0.1, 0.15) is 5.82 Å². The van der Waals surface area contributed by atoms with E-state index in [0.29, 0.717) is 34.7 Å². The van der Waals surface area contributed by atoms with Crippen LogP contribution < -0.4 is 0 Å². The van der Waals surface area contributed by atoms with Gasteiger partial charge in [-0.25, -0.2) is 24.9 Å². The molecule has 1 atom stereocenters. The van der Waals surface area contributed by atoms with Crippen molar-refractivity contribution < 1.29 is 0 Å². The molecule has 1 aliphatic rings. The predicted octanol–water partition coefficient (Wildman–Crippen LogP) is 8.13. The number of hydrogen-bond acceptors (Lipinski definition) is 5. The van der Waals surface area contributed by atoms with Gasteiger partial charge in [0.25, 0.3) is 0 Å². The number of halogens is 1. The first-order valence-electron chi connectivity index (χ1n) is 13.4. The number of rotatable bonds is 5. The highest BCUT2D eigenvalue weighted by Crippen LogP contribution is 2.45. The molecule has 196 valence electrons. The predicted molar refractivity (Wildman–Crippen MR) is 164 cm³/mol. The number of aromatic nitrogens is 5. The molecule has 6 heteroatoms. The summed E-state index contributed by atoms with van der Waals surface area (Å²) in [7, 11) is 0. The topological polar surface area (TPSA) is 64.5 Å². The Morgan fingerprint density at radius 1 is 0.537 bits per heavy atom. The van der Waals surface area contributed by atoms with Crippen LogP contribution in [0.1, 0.15) is 23.5 Å². The van der Waals surface area contributed by atoms with Crippen molar-refractivity contribution in [2.45, 2.75) is 11.8 Å². The molecule has 5 nitrogen and oxygen atoms in total. The zero-order chi connectivity index (χ0) is 27.6. The average Bonchev–Trinajstić information content (AvgIpc) is 3.05. The summed E-state index contributed by atoms with van der Waals surface area (Å²) >= 11 is 6.99. The Morgan fingerprint density at radius 3 is 1.63 bits per heavy atom. The van der Waals surface area contributed by atoms with Crippen molar-refractivity contribution in [3.63, 3.8) is 0 Å². The standard InChI is InChI=1S/C35H24ClN5/c36-31-30(37-28-20-10-11-21-29(28)38-31)35(22-12-19-27(23-35)24-13-4-1-5-14-24)34-40-32(25-15-6-2-7-16-25)39-33(41-34)26-17-8-3-9-18-26/h1-22H,23H2. The van der Waals surface area contributed by atoms with Crippen molar-refractivity contribution >= 4 is 28.2 Å². The maximum atomic E-state index is 6.99. The summed E-state index contributed by atoms with van der Waals surface area (Å²) in [6.07, 6.45) is 6.83. The first-order valence-corrected chi connectivity index (χ1v) is 13.8. The van der Waals surface area contributed by atoms with Crippen molar-refractivity contribution in [1.82, 2.24) is 24.9 Å². The second-order valence-electron chi connectivity index (χ2n) is 9.96. The Bertz CT molecular complexity index is 1860. The molecule has 0 bridgehead atoms. The fourth-order valence-corrected chi connectivity index (χ4v) is 5.59. The number of fused-ring (bicyclic) bond motifs is 1. The fraction of sp³-hybridized carbons (Fsp3) is 0.0571. The van der Waals surface area contributed by atoms with Crippen LogP contribution in [0.2, 0.25) is 5.15 Å². The van der Waals surface area contributed by atoms with Gasteiger partial charge in [-0.05, 0) is 29.7 Å². The largest absolute Gasteiger partial charge is 0.247 e. The first kappa shape index (κ1) is 25.0. The summed E-state index contributed by atoms with van der Waals surface area (Å²) in [5.74, 6) is 1.74. The van der Waals surface area contributed by atoms with Crippen LogP contribution in [0.15, 0.2) is 133 Å². The maximum Gasteiger partial charge on any atom is 0.163 e. The van der Waals surface area contributed by atoms with E-state index >= 15 is 0 Å². The molecule has 0 N–H and O–H groups in total. The van der Waals surface area contributed by atoms with Crippen LogP contribution in [0.4, 0.5) is 0 Å². The first-order chi connectivity index (χ1) is 20.2. The molecule has 0 saturated carbocycles. The van der Waals surface area contributed by atoms with Crippen LogP contribution >= 0.6 is 11.6 Å². The van der Waals surface area contributed by atoms with E-state index in [-0.39, 0.29) is 0 Å². The Labute approximate surface area is 243 Å². The molecule has 1 aliphatic carbocycles. The molecular weight excluding hydrogens is 526 g/mol. The lowest BCUT2D eigenvalue weighted by atomic mass is 9.73. The van der Waals surface area contributed by atoms with E-state index in [1.165, 1.54) is 0 Å².